The largest absolute Gasteiger partial charge is 0.493 e. The number of piperidine rings is 2. The van der Waals surface area contributed by atoms with Crippen LogP contribution < -0.4 is 20.1 Å². The van der Waals surface area contributed by atoms with E-state index >= 15 is 0 Å². The number of hydrogen-bond donors (Lipinski definition) is 2. The first kappa shape index (κ1) is 35.4. The lowest BCUT2D eigenvalue weighted by molar-refractivity contribution is 0.129. The summed E-state index contributed by atoms with van der Waals surface area (Å²) in [5.41, 5.74) is 4.44. The van der Waals surface area contributed by atoms with Crippen LogP contribution >= 0.6 is 0 Å². The Morgan fingerprint density at radius 3 is 1.65 bits per heavy atom. The lowest BCUT2D eigenvalue weighted by atomic mass is 10.0. The molecule has 10 rings (SSSR count). The van der Waals surface area contributed by atoms with Gasteiger partial charge in [0.25, 0.3) is 0 Å². The third kappa shape index (κ3) is 7.92. The minimum Gasteiger partial charge on any atom is -0.493 e. The summed E-state index contributed by atoms with van der Waals surface area (Å²) in [4.78, 5) is 14.5. The van der Waals surface area contributed by atoms with E-state index in [9.17, 15) is 8.78 Å². The van der Waals surface area contributed by atoms with Gasteiger partial charge in [-0.2, -0.15) is 10.2 Å². The Bertz CT molecular complexity index is 2280. The van der Waals surface area contributed by atoms with E-state index in [1.54, 1.807) is 21.4 Å². The van der Waals surface area contributed by atoms with Crippen molar-refractivity contribution in [1.29, 1.82) is 0 Å². The van der Waals surface area contributed by atoms with Crippen molar-refractivity contribution in [1.82, 2.24) is 39.0 Å². The highest BCUT2D eigenvalue weighted by Gasteiger charge is 2.24. The average Bonchev–Trinajstić information content (AvgIpc) is 3.82. The van der Waals surface area contributed by atoms with Gasteiger partial charge in [0.05, 0.1) is 19.0 Å². The van der Waals surface area contributed by atoms with Crippen molar-refractivity contribution >= 4 is 22.9 Å². The Hall–Kier alpha value is -5.34. The number of fused-ring (bicyclic) bond motifs is 10. The van der Waals surface area contributed by atoms with Gasteiger partial charge in [-0.1, -0.05) is 12.8 Å². The maximum Gasteiger partial charge on any atom is 0.165 e. The molecule has 0 amide bonds. The number of rotatable bonds is 0. The van der Waals surface area contributed by atoms with Crippen LogP contribution in [-0.2, 0) is 0 Å². The van der Waals surface area contributed by atoms with Gasteiger partial charge in [-0.05, 0) is 92.7 Å². The number of aromatic nitrogens is 6. The third-order valence-electron chi connectivity index (χ3n) is 11.1. The average molecular weight is 749 g/mol. The summed E-state index contributed by atoms with van der Waals surface area (Å²) < 4.78 is 43.6. The molecule has 2 atom stereocenters. The van der Waals surface area contributed by atoms with E-state index in [1.807, 2.05) is 36.7 Å². The van der Waals surface area contributed by atoms with Crippen LogP contribution in [0.25, 0.3) is 33.5 Å². The van der Waals surface area contributed by atoms with Crippen LogP contribution in [0, 0.1) is 11.6 Å². The molecule has 4 aromatic heterocycles. The zero-order valence-electron chi connectivity index (χ0n) is 30.8. The molecule has 2 saturated heterocycles. The fourth-order valence-electron chi connectivity index (χ4n) is 8.30. The molecule has 286 valence electrons. The summed E-state index contributed by atoms with van der Waals surface area (Å²) in [7, 11) is 0. The second-order valence-corrected chi connectivity index (χ2v) is 14.8. The van der Waals surface area contributed by atoms with Gasteiger partial charge in [-0.25, -0.2) is 27.8 Å². The Kier molecular flexibility index (Phi) is 10.2. The van der Waals surface area contributed by atoms with E-state index in [1.165, 1.54) is 56.4 Å². The summed E-state index contributed by atoms with van der Waals surface area (Å²) in [5, 5.41) is 15.7. The van der Waals surface area contributed by atoms with Gasteiger partial charge in [0.1, 0.15) is 41.4 Å². The summed E-state index contributed by atoms with van der Waals surface area (Å²) in [5.74, 6) is 2.10. The number of benzene rings is 2. The SMILES string of the molecule is Fc1cc2cc(c1)-c1cnn3ccc(nc13)NCC1CCCCN1CCCO2.Fc1cc2cc(c1)-c1cnn3ccc(nc13)NCC1CCCCN1CCO2. The van der Waals surface area contributed by atoms with E-state index in [-0.39, 0.29) is 11.6 Å². The van der Waals surface area contributed by atoms with Crippen LogP contribution in [0.15, 0.2) is 73.3 Å². The number of anilines is 2. The smallest absolute Gasteiger partial charge is 0.165 e. The summed E-state index contributed by atoms with van der Waals surface area (Å²) in [6.45, 7) is 6.87. The number of nitrogens with zero attached hydrogens (tertiary/aromatic N) is 8. The molecule has 55 heavy (non-hydrogen) atoms. The van der Waals surface area contributed by atoms with Crippen molar-refractivity contribution in [3.05, 3.63) is 85.0 Å². The summed E-state index contributed by atoms with van der Waals surface area (Å²) >= 11 is 0. The first-order chi connectivity index (χ1) is 27.0. The van der Waals surface area contributed by atoms with E-state index in [0.29, 0.717) is 48.1 Å². The Labute approximate surface area is 318 Å². The maximum atomic E-state index is 14.2. The van der Waals surface area contributed by atoms with Crippen LogP contribution in [0.1, 0.15) is 44.9 Å². The van der Waals surface area contributed by atoms with E-state index in [2.05, 4.69) is 30.6 Å². The number of halogens is 2. The fourth-order valence-corrected chi connectivity index (χ4v) is 8.30. The van der Waals surface area contributed by atoms with Crippen LogP contribution in [0.2, 0.25) is 0 Å². The molecule has 0 saturated carbocycles. The molecule has 4 aliphatic heterocycles. The molecule has 2 N–H and O–H groups in total. The monoisotopic (exact) mass is 748 g/mol. The zero-order chi connectivity index (χ0) is 37.1. The van der Waals surface area contributed by atoms with Gasteiger partial charge in [-0.15, -0.1) is 0 Å². The molecule has 12 nitrogen and oxygen atoms in total. The van der Waals surface area contributed by atoms with Crippen molar-refractivity contribution in [3.63, 3.8) is 0 Å². The van der Waals surface area contributed by atoms with E-state index in [0.717, 1.165) is 86.0 Å². The minimum atomic E-state index is -0.320. The molecule has 14 heteroatoms. The van der Waals surface area contributed by atoms with Crippen LogP contribution in [0.4, 0.5) is 20.4 Å². The second kappa shape index (κ2) is 15.8. The second-order valence-electron chi connectivity index (χ2n) is 14.8. The molecule has 6 aromatic rings. The number of nitrogens with one attached hydrogen (secondary N) is 2. The maximum absolute atomic E-state index is 14.2. The van der Waals surface area contributed by atoms with Crippen molar-refractivity contribution in [2.24, 2.45) is 0 Å². The fraction of sp³-hybridized carbons (Fsp3) is 0.415. The molecular formula is C41H46F2N10O2. The summed E-state index contributed by atoms with van der Waals surface area (Å²) in [6.07, 6.45) is 15.5. The van der Waals surface area contributed by atoms with Gasteiger partial charge in [0.15, 0.2) is 11.3 Å². The topological polar surface area (TPSA) is 109 Å². The molecule has 2 fully saturated rings. The van der Waals surface area contributed by atoms with Crippen LogP contribution in [0.3, 0.4) is 0 Å². The molecule has 8 heterocycles. The van der Waals surface area contributed by atoms with Crippen LogP contribution in [-0.4, -0.2) is 104 Å². The summed E-state index contributed by atoms with van der Waals surface area (Å²) in [6, 6.07) is 14.4. The van der Waals surface area contributed by atoms with Gasteiger partial charge in [0.2, 0.25) is 0 Å². The molecule has 2 aromatic carbocycles. The standard InChI is InChI=1S/C21H24FN5O.C20H22FN5O/c22-16-10-15-11-18(12-16)28-9-3-7-26-6-2-1-4-17(26)13-23-20-5-8-27-21(25-20)19(15)14-24-27;21-15-9-14-10-17(11-15)27-8-7-25-5-2-1-3-16(25)12-22-19-4-6-26-20(24-19)18(14)13-23-26/h5,8,10-12,14,17H,1-4,6-7,9,13H2,(H,23,25);4,6,9-11,13,16H,1-3,5,7-8,12H2,(H,22,24). The Morgan fingerprint density at radius 2 is 1.09 bits per heavy atom. The first-order valence-corrected chi connectivity index (χ1v) is 19.5. The molecule has 8 bridgehead atoms. The Morgan fingerprint density at radius 1 is 0.582 bits per heavy atom. The van der Waals surface area contributed by atoms with Crippen LogP contribution in [0.5, 0.6) is 11.5 Å². The predicted octanol–water partition coefficient (Wildman–Crippen LogP) is 6.78. The van der Waals surface area contributed by atoms with Crippen molar-refractivity contribution in [2.45, 2.75) is 57.0 Å². The molecule has 4 aliphatic rings. The van der Waals surface area contributed by atoms with Gasteiger partial charge >= 0.3 is 0 Å². The normalized spacial score (nSPS) is 20.6. The minimum absolute atomic E-state index is 0.318. The molecule has 2 unspecified atom stereocenters. The predicted molar refractivity (Wildman–Crippen MR) is 208 cm³/mol. The first-order valence-electron chi connectivity index (χ1n) is 19.5. The Balaban J connectivity index is 0.000000144. The highest BCUT2D eigenvalue weighted by Crippen LogP contribution is 2.31. The van der Waals surface area contributed by atoms with E-state index in [4.69, 9.17) is 19.4 Å². The van der Waals surface area contributed by atoms with E-state index < -0.39 is 0 Å². The van der Waals surface area contributed by atoms with Gasteiger partial charge in [0, 0.05) is 73.9 Å². The lowest BCUT2D eigenvalue weighted by Crippen LogP contribution is -2.45. The lowest BCUT2D eigenvalue weighted by Gasteiger charge is -2.36. The number of hydrogen-bond acceptors (Lipinski definition) is 10. The quantitative estimate of drug-likeness (QED) is 0.173. The number of ether oxygens (including phenoxy) is 2. The molecular weight excluding hydrogens is 703 g/mol. The third-order valence-corrected chi connectivity index (χ3v) is 11.1. The molecule has 0 aliphatic carbocycles. The van der Waals surface area contributed by atoms with Crippen molar-refractivity contribution < 1.29 is 18.3 Å². The van der Waals surface area contributed by atoms with Gasteiger partial charge in [-0.3, -0.25) is 9.80 Å². The van der Waals surface area contributed by atoms with Crippen molar-refractivity contribution in [3.8, 4) is 33.8 Å². The molecule has 0 radical (unpaired) electrons. The highest BCUT2D eigenvalue weighted by atomic mass is 19.1. The zero-order valence-corrected chi connectivity index (χ0v) is 30.8. The van der Waals surface area contributed by atoms with Crippen molar-refractivity contribution in [2.75, 3.05) is 63.1 Å². The molecule has 0 spiro atoms. The van der Waals surface area contributed by atoms with Gasteiger partial charge < -0.3 is 20.1 Å². The highest BCUT2D eigenvalue weighted by molar-refractivity contribution is 5.79.